The summed E-state index contributed by atoms with van der Waals surface area (Å²) in [6, 6.07) is 23.0. The first kappa shape index (κ1) is 20.6. The molecule has 0 unspecified atom stereocenters. The van der Waals surface area contributed by atoms with Crippen molar-refractivity contribution in [2.75, 3.05) is 5.32 Å². The van der Waals surface area contributed by atoms with Gasteiger partial charge in [0.25, 0.3) is 0 Å². The number of ketones is 1. The van der Waals surface area contributed by atoms with Gasteiger partial charge < -0.3 is 10.1 Å². The van der Waals surface area contributed by atoms with Gasteiger partial charge in [0.1, 0.15) is 5.75 Å². The number of Topliss-reactive ketones (excluding diaryl/α,β-unsaturated/α-hetero) is 1. The second-order valence-electron chi connectivity index (χ2n) is 8.12. The molecule has 1 atom stereocenters. The Morgan fingerprint density at radius 2 is 1.81 bits per heavy atom. The molecule has 5 rings (SSSR count). The van der Waals surface area contributed by atoms with Gasteiger partial charge in [-0.05, 0) is 61.7 Å². The van der Waals surface area contributed by atoms with Gasteiger partial charge in [0.15, 0.2) is 5.78 Å². The van der Waals surface area contributed by atoms with Gasteiger partial charge >= 0.3 is 5.97 Å². The van der Waals surface area contributed by atoms with Crippen LogP contribution in [0.2, 0.25) is 0 Å². The first-order valence-corrected chi connectivity index (χ1v) is 11.6. The summed E-state index contributed by atoms with van der Waals surface area (Å²) in [5, 5.41) is 3.36. The number of anilines is 1. The smallest absolute Gasteiger partial charge is 0.343 e. The molecule has 5 heteroatoms. The summed E-state index contributed by atoms with van der Waals surface area (Å²) in [5.74, 6) is 0.270. The summed E-state index contributed by atoms with van der Waals surface area (Å²) in [6.45, 7) is 1.98. The first-order chi connectivity index (χ1) is 15.6. The van der Waals surface area contributed by atoms with Gasteiger partial charge in [0.2, 0.25) is 0 Å². The number of fused-ring (bicyclic) bond motifs is 1. The maximum absolute atomic E-state index is 13.0. The molecule has 0 spiro atoms. The van der Waals surface area contributed by atoms with Crippen molar-refractivity contribution >= 4 is 29.2 Å². The van der Waals surface area contributed by atoms with Crippen LogP contribution in [-0.4, -0.2) is 11.8 Å². The van der Waals surface area contributed by atoms with Gasteiger partial charge in [0.05, 0.1) is 16.5 Å². The monoisotopic (exact) mass is 441 g/mol. The number of hydrogen-bond acceptors (Lipinski definition) is 5. The Bertz CT molecular complexity index is 1230. The van der Waals surface area contributed by atoms with Crippen LogP contribution in [0.4, 0.5) is 5.69 Å². The summed E-state index contributed by atoms with van der Waals surface area (Å²) < 4.78 is 5.67. The molecule has 0 bridgehead atoms. The SMILES string of the molecule is Cc1ccc(C(=O)Oc2cccc([C@H]3Sc4ccccc4NC4=C3C(=O)CCC4)c2)cc1. The average molecular weight is 442 g/mol. The number of rotatable bonds is 3. The second kappa shape index (κ2) is 8.67. The van der Waals surface area contributed by atoms with Crippen LogP contribution in [-0.2, 0) is 4.79 Å². The fourth-order valence-electron chi connectivity index (χ4n) is 4.15. The molecule has 1 aliphatic heterocycles. The lowest BCUT2D eigenvalue weighted by Crippen LogP contribution is -2.19. The molecule has 1 N–H and O–H groups in total. The van der Waals surface area contributed by atoms with Gasteiger partial charge in [-0.2, -0.15) is 0 Å². The molecule has 2 aliphatic rings. The molecule has 4 nitrogen and oxygen atoms in total. The standard InChI is InChI=1S/C27H23NO3S/c1-17-12-14-18(15-13-17)27(30)31-20-7-4-6-19(16-20)26-25-22(9-5-10-23(25)29)28-21-8-2-3-11-24(21)32-26/h2-4,6-8,11-16,26,28H,5,9-10H2,1H3/t26-/m1/s1. The second-order valence-corrected chi connectivity index (χ2v) is 9.26. The van der Waals surface area contributed by atoms with E-state index in [9.17, 15) is 9.59 Å². The summed E-state index contributed by atoms with van der Waals surface area (Å²) in [4.78, 5) is 26.7. The number of carbonyl (C=O) groups is 2. The molecule has 3 aromatic carbocycles. The topological polar surface area (TPSA) is 55.4 Å². The Hall–Kier alpha value is -3.31. The molecule has 0 saturated carbocycles. The zero-order valence-electron chi connectivity index (χ0n) is 17.8. The van der Waals surface area contributed by atoms with Gasteiger partial charge in [-0.1, -0.05) is 42.0 Å². The highest BCUT2D eigenvalue weighted by Gasteiger charge is 2.33. The molecular formula is C27H23NO3S. The molecule has 1 heterocycles. The van der Waals surface area contributed by atoms with E-state index in [0.29, 0.717) is 17.7 Å². The fraction of sp³-hybridized carbons (Fsp3) is 0.185. The van der Waals surface area contributed by atoms with Crippen LogP contribution in [0.25, 0.3) is 0 Å². The van der Waals surface area contributed by atoms with Gasteiger partial charge in [-0.25, -0.2) is 4.79 Å². The molecule has 0 saturated heterocycles. The normalized spacial score (nSPS) is 17.7. The van der Waals surface area contributed by atoms with Gasteiger partial charge in [-0.3, -0.25) is 4.79 Å². The van der Waals surface area contributed by atoms with E-state index in [1.54, 1.807) is 30.0 Å². The van der Waals surface area contributed by atoms with E-state index in [-0.39, 0.29) is 11.0 Å². The summed E-state index contributed by atoms with van der Waals surface area (Å²) in [5.41, 5.74) is 5.42. The minimum absolute atomic E-state index is 0.160. The highest BCUT2D eigenvalue weighted by molar-refractivity contribution is 8.00. The summed E-state index contributed by atoms with van der Waals surface area (Å²) in [7, 11) is 0. The highest BCUT2D eigenvalue weighted by Crippen LogP contribution is 2.49. The number of allylic oxidation sites excluding steroid dienone is 1. The minimum atomic E-state index is -0.392. The lowest BCUT2D eigenvalue weighted by Gasteiger charge is -2.24. The minimum Gasteiger partial charge on any atom is -0.423 e. The van der Waals surface area contributed by atoms with Crippen molar-refractivity contribution in [3.8, 4) is 5.75 Å². The number of aryl methyl sites for hydroxylation is 1. The zero-order chi connectivity index (χ0) is 22.1. The van der Waals surface area contributed by atoms with Crippen molar-refractivity contribution < 1.29 is 14.3 Å². The van der Waals surface area contributed by atoms with Crippen molar-refractivity contribution in [1.82, 2.24) is 0 Å². The number of carbonyl (C=O) groups excluding carboxylic acids is 2. The van der Waals surface area contributed by atoms with E-state index >= 15 is 0 Å². The number of benzene rings is 3. The lowest BCUT2D eigenvalue weighted by atomic mass is 9.89. The third-order valence-corrected chi connectivity index (χ3v) is 7.15. The predicted molar refractivity (Wildman–Crippen MR) is 127 cm³/mol. The molecule has 0 aromatic heterocycles. The van der Waals surface area contributed by atoms with Gasteiger partial charge in [0, 0.05) is 22.6 Å². The van der Waals surface area contributed by atoms with Gasteiger partial charge in [-0.15, -0.1) is 11.8 Å². The van der Waals surface area contributed by atoms with Crippen molar-refractivity contribution in [3.05, 3.63) is 101 Å². The van der Waals surface area contributed by atoms with E-state index in [1.807, 2.05) is 55.5 Å². The predicted octanol–water partition coefficient (Wildman–Crippen LogP) is 6.48. The van der Waals surface area contributed by atoms with Crippen LogP contribution in [0.15, 0.2) is 89.0 Å². The van der Waals surface area contributed by atoms with Crippen LogP contribution in [0.3, 0.4) is 0 Å². The maximum Gasteiger partial charge on any atom is 0.343 e. The molecular weight excluding hydrogens is 418 g/mol. The van der Waals surface area contributed by atoms with Crippen LogP contribution in [0.1, 0.15) is 46.0 Å². The van der Waals surface area contributed by atoms with Crippen LogP contribution in [0.5, 0.6) is 5.75 Å². The third-order valence-electron chi connectivity index (χ3n) is 5.79. The Balaban J connectivity index is 1.49. The average Bonchev–Trinajstić information content (AvgIpc) is 2.97. The zero-order valence-corrected chi connectivity index (χ0v) is 18.6. The van der Waals surface area contributed by atoms with Crippen LogP contribution in [0, 0.1) is 6.92 Å². The van der Waals surface area contributed by atoms with E-state index in [0.717, 1.165) is 45.8 Å². The third kappa shape index (κ3) is 4.08. The quantitative estimate of drug-likeness (QED) is 0.372. The van der Waals surface area contributed by atoms with Crippen molar-refractivity contribution in [2.45, 2.75) is 36.3 Å². The van der Waals surface area contributed by atoms with Crippen molar-refractivity contribution in [3.63, 3.8) is 0 Å². The lowest BCUT2D eigenvalue weighted by molar-refractivity contribution is -0.116. The van der Waals surface area contributed by atoms with Crippen LogP contribution >= 0.6 is 11.8 Å². The van der Waals surface area contributed by atoms with E-state index in [1.165, 1.54) is 0 Å². The number of ether oxygens (including phenoxy) is 1. The molecule has 0 fully saturated rings. The van der Waals surface area contributed by atoms with E-state index in [4.69, 9.17) is 4.74 Å². The largest absolute Gasteiger partial charge is 0.423 e. The fourth-order valence-corrected chi connectivity index (χ4v) is 5.48. The molecule has 1 aliphatic carbocycles. The van der Waals surface area contributed by atoms with Crippen LogP contribution < -0.4 is 10.1 Å². The number of esters is 1. The summed E-state index contributed by atoms with van der Waals surface area (Å²) >= 11 is 1.66. The van der Waals surface area contributed by atoms with E-state index < -0.39 is 5.97 Å². The van der Waals surface area contributed by atoms with Crippen molar-refractivity contribution in [2.24, 2.45) is 0 Å². The molecule has 3 aromatic rings. The van der Waals surface area contributed by atoms with E-state index in [2.05, 4.69) is 11.4 Å². The Morgan fingerprint density at radius 3 is 2.66 bits per heavy atom. The van der Waals surface area contributed by atoms with Crippen molar-refractivity contribution in [1.29, 1.82) is 0 Å². The molecule has 160 valence electrons. The highest BCUT2D eigenvalue weighted by atomic mass is 32.2. The Kier molecular flexibility index (Phi) is 5.58. The Morgan fingerprint density at radius 1 is 1.00 bits per heavy atom. The molecule has 32 heavy (non-hydrogen) atoms. The molecule has 0 radical (unpaired) electrons. The molecule has 0 amide bonds. The number of para-hydroxylation sites is 1. The summed E-state index contributed by atoms with van der Waals surface area (Å²) in [6.07, 6.45) is 2.28. The number of thioether (sulfide) groups is 1. The Labute approximate surface area is 191 Å². The maximum atomic E-state index is 13.0. The number of hydrogen-bond donors (Lipinski definition) is 1. The number of nitrogens with one attached hydrogen (secondary N) is 1. The first-order valence-electron chi connectivity index (χ1n) is 10.8.